The lowest BCUT2D eigenvalue weighted by atomic mass is 10.0. The molecule has 6 nitrogen and oxygen atoms in total. The Morgan fingerprint density at radius 3 is 1.43 bits per heavy atom. The maximum atomic E-state index is 12.8. The number of carbonyl (C=O) groups excluding carboxylic acids is 2. The van der Waals surface area contributed by atoms with E-state index in [1.54, 1.807) is 0 Å². The van der Waals surface area contributed by atoms with E-state index < -0.39 is 0 Å². The molecular formula is C47H90N2O4. The van der Waals surface area contributed by atoms with Crippen LogP contribution in [0.15, 0.2) is 0 Å². The SMILES string of the molecule is CCCCC#CCCCOC(=O)CCCCCCCN(CCCCCCCC(=O)OC(CCCCCCCC)CCCCCCCC)CCCN(C)C. The average Bonchev–Trinajstić information content (AvgIpc) is 3.14. The Kier molecular flexibility index (Phi) is 40.3. The maximum absolute atomic E-state index is 12.8. The van der Waals surface area contributed by atoms with Gasteiger partial charge in [-0.25, -0.2) is 0 Å². The predicted octanol–water partition coefficient (Wildman–Crippen LogP) is 12.9. The Morgan fingerprint density at radius 1 is 0.472 bits per heavy atom. The molecule has 0 spiro atoms. The minimum Gasteiger partial charge on any atom is -0.466 e. The van der Waals surface area contributed by atoms with Crippen molar-refractivity contribution in [2.24, 2.45) is 0 Å². The molecule has 0 fully saturated rings. The molecule has 0 rings (SSSR count). The number of hydrogen-bond acceptors (Lipinski definition) is 6. The molecule has 0 saturated heterocycles. The molecule has 0 saturated carbocycles. The first-order chi connectivity index (χ1) is 25.9. The van der Waals surface area contributed by atoms with Crippen LogP contribution in [0, 0.1) is 11.8 Å². The fourth-order valence-corrected chi connectivity index (χ4v) is 6.89. The predicted molar refractivity (Wildman–Crippen MR) is 228 cm³/mol. The highest BCUT2D eigenvalue weighted by Crippen LogP contribution is 2.18. The number of nitrogens with zero attached hydrogens (tertiary/aromatic N) is 2. The van der Waals surface area contributed by atoms with Crippen LogP contribution in [0.5, 0.6) is 0 Å². The summed E-state index contributed by atoms with van der Waals surface area (Å²) in [5, 5.41) is 0. The van der Waals surface area contributed by atoms with Crippen molar-refractivity contribution >= 4 is 11.9 Å². The Labute approximate surface area is 331 Å². The largest absolute Gasteiger partial charge is 0.466 e. The van der Waals surface area contributed by atoms with Crippen LogP contribution in [-0.2, 0) is 19.1 Å². The van der Waals surface area contributed by atoms with Crippen molar-refractivity contribution in [2.45, 2.75) is 232 Å². The molecule has 0 N–H and O–H groups in total. The van der Waals surface area contributed by atoms with Crippen LogP contribution in [0.2, 0.25) is 0 Å². The second-order valence-electron chi connectivity index (χ2n) is 16.0. The highest BCUT2D eigenvalue weighted by Gasteiger charge is 2.14. The van der Waals surface area contributed by atoms with Gasteiger partial charge in [0.05, 0.1) is 6.61 Å². The van der Waals surface area contributed by atoms with E-state index in [1.807, 2.05) is 0 Å². The third-order valence-electron chi connectivity index (χ3n) is 10.3. The number of carbonyl (C=O) groups is 2. The van der Waals surface area contributed by atoms with Gasteiger partial charge in [0.25, 0.3) is 0 Å². The van der Waals surface area contributed by atoms with Gasteiger partial charge in [0.1, 0.15) is 6.10 Å². The average molecular weight is 747 g/mol. The molecular weight excluding hydrogens is 657 g/mol. The van der Waals surface area contributed by atoms with Crippen LogP contribution >= 0.6 is 0 Å². The number of hydrogen-bond donors (Lipinski definition) is 0. The molecule has 53 heavy (non-hydrogen) atoms. The summed E-state index contributed by atoms with van der Waals surface area (Å²) < 4.78 is 11.4. The molecule has 312 valence electrons. The zero-order chi connectivity index (χ0) is 38.9. The van der Waals surface area contributed by atoms with Gasteiger partial charge < -0.3 is 19.3 Å². The Morgan fingerprint density at radius 2 is 0.906 bits per heavy atom. The van der Waals surface area contributed by atoms with Gasteiger partial charge in [0, 0.05) is 25.7 Å². The van der Waals surface area contributed by atoms with Gasteiger partial charge in [-0.05, 0) is 111 Å². The first kappa shape index (κ1) is 51.4. The van der Waals surface area contributed by atoms with Crippen molar-refractivity contribution in [1.82, 2.24) is 9.80 Å². The Hall–Kier alpha value is -1.58. The molecule has 0 aromatic carbocycles. The van der Waals surface area contributed by atoms with Gasteiger partial charge in [0.15, 0.2) is 0 Å². The van der Waals surface area contributed by atoms with E-state index >= 15 is 0 Å². The first-order valence-electron chi connectivity index (χ1n) is 23.1. The molecule has 6 heteroatoms. The lowest BCUT2D eigenvalue weighted by Crippen LogP contribution is -2.29. The lowest BCUT2D eigenvalue weighted by molar-refractivity contribution is -0.150. The highest BCUT2D eigenvalue weighted by atomic mass is 16.5. The Balaban J connectivity index is 4.20. The van der Waals surface area contributed by atoms with Crippen LogP contribution in [0.3, 0.4) is 0 Å². The second kappa shape index (κ2) is 41.6. The van der Waals surface area contributed by atoms with Crippen molar-refractivity contribution in [3.63, 3.8) is 0 Å². The molecule has 0 amide bonds. The number of ether oxygens (including phenoxy) is 2. The first-order valence-corrected chi connectivity index (χ1v) is 23.1. The van der Waals surface area contributed by atoms with E-state index in [0.717, 1.165) is 64.3 Å². The summed E-state index contributed by atoms with van der Waals surface area (Å²) in [5.41, 5.74) is 0. The van der Waals surface area contributed by atoms with Gasteiger partial charge >= 0.3 is 11.9 Å². The van der Waals surface area contributed by atoms with Crippen LogP contribution in [0.25, 0.3) is 0 Å². The van der Waals surface area contributed by atoms with Gasteiger partial charge in [-0.3, -0.25) is 9.59 Å². The topological polar surface area (TPSA) is 59.1 Å². The molecule has 0 radical (unpaired) electrons. The summed E-state index contributed by atoms with van der Waals surface area (Å²) in [6, 6.07) is 0. The fraction of sp³-hybridized carbons (Fsp3) is 0.915. The minimum atomic E-state index is -0.0535. The summed E-state index contributed by atoms with van der Waals surface area (Å²) in [6.45, 7) is 11.9. The third-order valence-corrected chi connectivity index (χ3v) is 10.3. The number of rotatable bonds is 40. The molecule has 0 aromatic rings. The summed E-state index contributed by atoms with van der Waals surface area (Å²) >= 11 is 0. The molecule has 0 aliphatic carbocycles. The van der Waals surface area contributed by atoms with E-state index in [9.17, 15) is 9.59 Å². The standard InChI is InChI=1S/C47H90N2O4/c1-6-9-12-15-18-27-34-44-52-46(50)38-30-23-19-25-32-41-49(43-35-40-48(4)5)42-33-26-20-24-31-39-47(51)53-45(36-28-21-16-13-10-7-2)37-29-22-17-14-11-8-3/h45H,6-14,16-17,19-44H2,1-5H3. The zero-order valence-electron chi connectivity index (χ0n) is 36.3. The molecule has 0 aliphatic rings. The summed E-state index contributed by atoms with van der Waals surface area (Å²) in [4.78, 5) is 29.8. The van der Waals surface area contributed by atoms with E-state index in [2.05, 4.69) is 56.5 Å². The molecule has 0 atom stereocenters. The summed E-state index contributed by atoms with van der Waals surface area (Å²) in [6.07, 6.45) is 36.5. The minimum absolute atomic E-state index is 0.0356. The molecule has 0 bridgehead atoms. The van der Waals surface area contributed by atoms with Crippen LogP contribution in [0.4, 0.5) is 0 Å². The van der Waals surface area contributed by atoms with Crippen molar-refractivity contribution in [2.75, 3.05) is 46.9 Å². The molecule has 0 aromatic heterocycles. The van der Waals surface area contributed by atoms with Crippen molar-refractivity contribution in [3.05, 3.63) is 0 Å². The van der Waals surface area contributed by atoms with E-state index in [0.29, 0.717) is 19.4 Å². The van der Waals surface area contributed by atoms with E-state index in [1.165, 1.54) is 154 Å². The number of esters is 2. The van der Waals surface area contributed by atoms with Gasteiger partial charge in [-0.2, -0.15) is 0 Å². The highest BCUT2D eigenvalue weighted by molar-refractivity contribution is 5.69. The van der Waals surface area contributed by atoms with Crippen LogP contribution in [-0.4, -0.2) is 74.7 Å². The van der Waals surface area contributed by atoms with Crippen molar-refractivity contribution in [1.29, 1.82) is 0 Å². The molecule has 0 heterocycles. The smallest absolute Gasteiger partial charge is 0.306 e. The fourth-order valence-electron chi connectivity index (χ4n) is 6.89. The number of unbranched alkanes of at least 4 members (excludes halogenated alkanes) is 21. The monoisotopic (exact) mass is 747 g/mol. The normalized spacial score (nSPS) is 11.4. The summed E-state index contributed by atoms with van der Waals surface area (Å²) in [7, 11) is 4.32. The summed E-state index contributed by atoms with van der Waals surface area (Å²) in [5.74, 6) is 6.35. The van der Waals surface area contributed by atoms with Crippen LogP contribution in [0.1, 0.15) is 226 Å². The van der Waals surface area contributed by atoms with Gasteiger partial charge in [-0.15, -0.1) is 11.8 Å². The quantitative estimate of drug-likeness (QED) is 0.0353. The van der Waals surface area contributed by atoms with Crippen LogP contribution < -0.4 is 0 Å². The van der Waals surface area contributed by atoms with Crippen molar-refractivity contribution in [3.8, 4) is 11.8 Å². The third kappa shape index (κ3) is 39.9. The molecule has 0 unspecified atom stereocenters. The second-order valence-corrected chi connectivity index (χ2v) is 16.0. The molecule has 0 aliphatic heterocycles. The van der Waals surface area contributed by atoms with E-state index in [-0.39, 0.29) is 18.0 Å². The lowest BCUT2D eigenvalue weighted by Gasteiger charge is -2.23. The van der Waals surface area contributed by atoms with Gasteiger partial charge in [-0.1, -0.05) is 130 Å². The zero-order valence-corrected chi connectivity index (χ0v) is 36.3. The van der Waals surface area contributed by atoms with Crippen molar-refractivity contribution < 1.29 is 19.1 Å². The van der Waals surface area contributed by atoms with E-state index in [4.69, 9.17) is 9.47 Å². The van der Waals surface area contributed by atoms with Gasteiger partial charge in [0.2, 0.25) is 0 Å². The Bertz CT molecular complexity index is 835. The maximum Gasteiger partial charge on any atom is 0.306 e.